The van der Waals surface area contributed by atoms with Crippen LogP contribution in [0.15, 0.2) is 67.0 Å². The molecule has 202 valence electrons. The lowest BCUT2D eigenvalue weighted by atomic mass is 10.1. The van der Waals surface area contributed by atoms with Crippen LogP contribution in [0.3, 0.4) is 0 Å². The summed E-state index contributed by atoms with van der Waals surface area (Å²) >= 11 is 0. The van der Waals surface area contributed by atoms with E-state index >= 15 is 0 Å². The molecule has 1 saturated heterocycles. The highest BCUT2D eigenvalue weighted by Gasteiger charge is 2.18. The maximum absolute atomic E-state index is 13.2. The zero-order valence-corrected chi connectivity index (χ0v) is 22.9. The molecular formula is C30H36N8O. The van der Waals surface area contributed by atoms with Gasteiger partial charge in [-0.15, -0.1) is 0 Å². The van der Waals surface area contributed by atoms with Crippen molar-refractivity contribution in [1.29, 1.82) is 0 Å². The lowest BCUT2D eigenvalue weighted by molar-refractivity contribution is 0.102. The van der Waals surface area contributed by atoms with Crippen LogP contribution >= 0.6 is 0 Å². The molecule has 1 aliphatic rings. The van der Waals surface area contributed by atoms with E-state index in [2.05, 4.69) is 51.7 Å². The van der Waals surface area contributed by atoms with Gasteiger partial charge >= 0.3 is 0 Å². The summed E-state index contributed by atoms with van der Waals surface area (Å²) in [6.07, 6.45) is 4.20. The average molecular weight is 525 g/mol. The number of anilines is 1. The quantitative estimate of drug-likeness (QED) is 0.328. The van der Waals surface area contributed by atoms with E-state index in [1.54, 1.807) is 10.6 Å². The Morgan fingerprint density at radius 3 is 2.54 bits per heavy atom. The van der Waals surface area contributed by atoms with Gasteiger partial charge in [-0.2, -0.15) is 5.10 Å². The van der Waals surface area contributed by atoms with E-state index in [0.717, 1.165) is 78.5 Å². The van der Waals surface area contributed by atoms with Gasteiger partial charge < -0.3 is 10.6 Å². The minimum absolute atomic E-state index is 0.205. The maximum Gasteiger partial charge on any atom is 0.274 e. The van der Waals surface area contributed by atoms with Gasteiger partial charge in [-0.3, -0.25) is 23.8 Å². The third-order valence-corrected chi connectivity index (χ3v) is 6.85. The molecule has 9 heteroatoms. The number of amides is 1. The van der Waals surface area contributed by atoms with E-state index in [4.69, 9.17) is 10.1 Å². The van der Waals surface area contributed by atoms with Crippen molar-refractivity contribution in [1.82, 2.24) is 34.4 Å². The molecule has 2 N–H and O–H groups in total. The molecule has 1 amide bonds. The van der Waals surface area contributed by atoms with Crippen molar-refractivity contribution in [2.24, 2.45) is 0 Å². The van der Waals surface area contributed by atoms with Crippen LogP contribution in [0.5, 0.6) is 0 Å². The summed E-state index contributed by atoms with van der Waals surface area (Å²) in [6.45, 7) is 11.6. The van der Waals surface area contributed by atoms with Crippen LogP contribution < -0.4 is 10.6 Å². The highest BCUT2D eigenvalue weighted by molar-refractivity contribution is 6.08. The summed E-state index contributed by atoms with van der Waals surface area (Å²) in [7, 11) is 0. The van der Waals surface area contributed by atoms with Gasteiger partial charge in [0.05, 0.1) is 41.0 Å². The Kier molecular flexibility index (Phi) is 8.29. The standard InChI is InChI=1S/C28H30N8O.C2H6/c1-2-22-27-23(32-28(37)25-17-30-26-11-3-4-14-35(25)26)9-6-10-24(27)36(33-22)19-21-8-5-7-20(31-21)18-34-15-12-29-13-16-34;1-2/h3-11,14,17,29H,2,12-13,15-16,18-19H2,1H3,(H,32,37);1-2H3. The van der Waals surface area contributed by atoms with Crippen LogP contribution in [0.1, 0.15) is 48.3 Å². The molecule has 4 aromatic heterocycles. The molecule has 0 saturated carbocycles. The molecule has 0 radical (unpaired) electrons. The van der Waals surface area contributed by atoms with E-state index in [1.807, 2.05) is 55.1 Å². The van der Waals surface area contributed by atoms with E-state index in [0.29, 0.717) is 12.2 Å². The zero-order chi connectivity index (χ0) is 27.2. The maximum atomic E-state index is 13.2. The molecule has 1 aliphatic heterocycles. The first kappa shape index (κ1) is 26.5. The topological polar surface area (TPSA) is 92.4 Å². The molecule has 6 rings (SSSR count). The normalized spacial score (nSPS) is 13.8. The molecule has 1 aromatic carbocycles. The van der Waals surface area contributed by atoms with E-state index in [1.165, 1.54) is 0 Å². The third kappa shape index (κ3) is 5.69. The number of hydrogen-bond donors (Lipinski definition) is 2. The zero-order valence-electron chi connectivity index (χ0n) is 22.9. The SMILES string of the molecule is CC.CCc1nn(Cc2cccc(CN3CCNCC3)n2)c2cccc(NC(=O)c3cnc4ccccn34)c12. The summed E-state index contributed by atoms with van der Waals surface area (Å²) in [5.74, 6) is -0.205. The van der Waals surface area contributed by atoms with Gasteiger partial charge in [0.1, 0.15) is 11.3 Å². The summed E-state index contributed by atoms with van der Waals surface area (Å²) in [6, 6.07) is 17.8. The second kappa shape index (κ2) is 12.2. The number of pyridine rings is 2. The number of benzene rings is 1. The van der Waals surface area contributed by atoms with Gasteiger partial charge in [0, 0.05) is 44.3 Å². The highest BCUT2D eigenvalue weighted by Crippen LogP contribution is 2.28. The lowest BCUT2D eigenvalue weighted by Crippen LogP contribution is -2.43. The summed E-state index contributed by atoms with van der Waals surface area (Å²) in [4.78, 5) is 24.9. The van der Waals surface area contributed by atoms with E-state index in [-0.39, 0.29) is 5.91 Å². The first-order valence-corrected chi connectivity index (χ1v) is 13.8. The van der Waals surface area contributed by atoms with Crippen molar-refractivity contribution in [2.75, 3.05) is 31.5 Å². The van der Waals surface area contributed by atoms with Gasteiger partial charge in [-0.05, 0) is 42.8 Å². The van der Waals surface area contributed by atoms with Crippen LogP contribution in [-0.2, 0) is 19.5 Å². The molecule has 5 heterocycles. The minimum atomic E-state index is -0.205. The highest BCUT2D eigenvalue weighted by atomic mass is 16.2. The second-order valence-corrected chi connectivity index (χ2v) is 9.33. The Morgan fingerprint density at radius 2 is 1.74 bits per heavy atom. The molecule has 1 fully saturated rings. The fraction of sp³-hybridized carbons (Fsp3) is 0.333. The number of carbonyl (C=O) groups is 1. The number of rotatable bonds is 7. The van der Waals surface area contributed by atoms with Gasteiger partial charge in [0.25, 0.3) is 5.91 Å². The number of piperazine rings is 1. The fourth-order valence-electron chi connectivity index (χ4n) is 5.02. The largest absolute Gasteiger partial charge is 0.320 e. The minimum Gasteiger partial charge on any atom is -0.320 e. The molecule has 0 atom stereocenters. The summed E-state index contributed by atoms with van der Waals surface area (Å²) in [5, 5.41) is 12.4. The molecule has 0 aliphatic carbocycles. The van der Waals surface area contributed by atoms with Crippen LogP contribution in [0, 0.1) is 0 Å². The Labute approximate surface area is 228 Å². The monoisotopic (exact) mass is 524 g/mol. The number of nitrogens with zero attached hydrogens (tertiary/aromatic N) is 6. The number of aryl methyl sites for hydroxylation is 1. The number of hydrogen-bond acceptors (Lipinski definition) is 6. The van der Waals surface area contributed by atoms with Crippen LogP contribution in [-0.4, -0.2) is 61.1 Å². The number of nitrogens with one attached hydrogen (secondary N) is 2. The lowest BCUT2D eigenvalue weighted by Gasteiger charge is -2.26. The van der Waals surface area contributed by atoms with Gasteiger partial charge in [-0.1, -0.05) is 39.0 Å². The van der Waals surface area contributed by atoms with Crippen LogP contribution in [0.4, 0.5) is 5.69 Å². The summed E-state index contributed by atoms with van der Waals surface area (Å²) < 4.78 is 3.79. The smallest absolute Gasteiger partial charge is 0.274 e. The molecule has 5 aromatic rings. The average Bonchev–Trinajstić information content (AvgIpc) is 3.57. The number of imidazole rings is 1. The summed E-state index contributed by atoms with van der Waals surface area (Å²) in [5.41, 5.74) is 5.94. The van der Waals surface area contributed by atoms with Crippen molar-refractivity contribution < 1.29 is 4.79 Å². The Bertz CT molecular complexity index is 1560. The van der Waals surface area contributed by atoms with Gasteiger partial charge in [0.2, 0.25) is 0 Å². The van der Waals surface area contributed by atoms with Crippen LogP contribution in [0.2, 0.25) is 0 Å². The molecule has 0 spiro atoms. The van der Waals surface area contributed by atoms with Crippen molar-refractivity contribution in [3.05, 3.63) is 89.8 Å². The second-order valence-electron chi connectivity index (χ2n) is 9.33. The Morgan fingerprint density at radius 1 is 0.974 bits per heavy atom. The van der Waals surface area contributed by atoms with Gasteiger partial charge in [-0.25, -0.2) is 4.98 Å². The number of aromatic nitrogens is 5. The molecule has 0 unspecified atom stereocenters. The molecular weight excluding hydrogens is 488 g/mol. The Hall–Kier alpha value is -4.08. The Balaban J connectivity index is 0.00000151. The van der Waals surface area contributed by atoms with Crippen molar-refractivity contribution in [3.63, 3.8) is 0 Å². The van der Waals surface area contributed by atoms with Crippen LogP contribution in [0.25, 0.3) is 16.6 Å². The first-order chi connectivity index (χ1) is 19.2. The molecule has 0 bridgehead atoms. The van der Waals surface area contributed by atoms with Crippen molar-refractivity contribution >= 4 is 28.1 Å². The predicted octanol–water partition coefficient (Wildman–Crippen LogP) is 4.37. The number of carbonyl (C=O) groups excluding carboxylic acids is 1. The van der Waals surface area contributed by atoms with E-state index < -0.39 is 0 Å². The van der Waals surface area contributed by atoms with Crippen molar-refractivity contribution in [3.8, 4) is 0 Å². The number of fused-ring (bicyclic) bond motifs is 2. The van der Waals surface area contributed by atoms with Gasteiger partial charge in [0.15, 0.2) is 0 Å². The fourth-order valence-corrected chi connectivity index (χ4v) is 5.02. The predicted molar refractivity (Wildman–Crippen MR) is 155 cm³/mol. The van der Waals surface area contributed by atoms with Crippen molar-refractivity contribution in [2.45, 2.75) is 40.3 Å². The molecule has 9 nitrogen and oxygen atoms in total. The first-order valence-electron chi connectivity index (χ1n) is 13.8. The molecule has 39 heavy (non-hydrogen) atoms. The third-order valence-electron chi connectivity index (χ3n) is 6.85. The van der Waals surface area contributed by atoms with E-state index in [9.17, 15) is 4.79 Å².